The minimum atomic E-state index is -1.49. The third-order valence-electron chi connectivity index (χ3n) is 6.77. The third kappa shape index (κ3) is 9.99. The van der Waals surface area contributed by atoms with Crippen LogP contribution in [0.2, 0.25) is 0 Å². The quantitative estimate of drug-likeness (QED) is 0.335. The summed E-state index contributed by atoms with van der Waals surface area (Å²) in [5.41, 5.74) is -0.0786. The van der Waals surface area contributed by atoms with E-state index >= 15 is 0 Å². The van der Waals surface area contributed by atoms with Gasteiger partial charge >= 0.3 is 12.1 Å². The third-order valence-corrected chi connectivity index (χ3v) is 6.77. The molecule has 42 heavy (non-hydrogen) atoms. The van der Waals surface area contributed by atoms with Crippen molar-refractivity contribution in [2.24, 2.45) is 11.8 Å². The van der Waals surface area contributed by atoms with E-state index in [9.17, 15) is 28.4 Å². The number of alkyl carbamates (subject to hydrolysis) is 1. The molecule has 0 radical (unpaired) electrons. The van der Waals surface area contributed by atoms with E-state index in [4.69, 9.17) is 9.47 Å². The van der Waals surface area contributed by atoms with Gasteiger partial charge in [0.2, 0.25) is 17.7 Å². The zero-order chi connectivity index (χ0) is 31.8. The van der Waals surface area contributed by atoms with Gasteiger partial charge in [0.15, 0.2) is 0 Å². The van der Waals surface area contributed by atoms with Gasteiger partial charge in [-0.2, -0.15) is 0 Å². The number of nitrogens with zero attached hydrogens (tertiary/aromatic N) is 1. The maximum atomic E-state index is 14.7. The second-order valence-corrected chi connectivity index (χ2v) is 12.2. The van der Waals surface area contributed by atoms with Crippen LogP contribution in [0.25, 0.3) is 0 Å². The van der Waals surface area contributed by atoms with E-state index in [1.165, 1.54) is 7.11 Å². The van der Waals surface area contributed by atoms with Gasteiger partial charge in [0.1, 0.15) is 35.9 Å². The van der Waals surface area contributed by atoms with Crippen LogP contribution < -0.4 is 16.0 Å². The van der Waals surface area contributed by atoms with Gasteiger partial charge in [0.25, 0.3) is 0 Å². The number of methoxy groups -OCH3 is 1. The number of benzene rings is 1. The first kappa shape index (κ1) is 34.5. The number of hydrogen-bond donors (Lipinski definition) is 3. The molecule has 0 aliphatic carbocycles. The summed E-state index contributed by atoms with van der Waals surface area (Å²) in [6.45, 7) is 11.6. The molecule has 0 unspecified atom stereocenters. The summed E-state index contributed by atoms with van der Waals surface area (Å²) >= 11 is 0. The van der Waals surface area contributed by atoms with Crippen molar-refractivity contribution < 1.29 is 37.8 Å². The molecule has 1 aliphatic rings. The highest BCUT2D eigenvalue weighted by atomic mass is 19.1. The van der Waals surface area contributed by atoms with Gasteiger partial charge in [0, 0.05) is 12.8 Å². The second kappa shape index (κ2) is 15.0. The first-order valence-corrected chi connectivity index (χ1v) is 14.2. The first-order valence-electron chi connectivity index (χ1n) is 14.2. The van der Waals surface area contributed by atoms with Crippen LogP contribution in [0.1, 0.15) is 60.5 Å². The predicted molar refractivity (Wildman–Crippen MR) is 154 cm³/mol. The molecule has 1 saturated heterocycles. The summed E-state index contributed by atoms with van der Waals surface area (Å²) in [5.74, 6) is -3.27. The van der Waals surface area contributed by atoms with Crippen LogP contribution in [-0.2, 0) is 35.1 Å². The Morgan fingerprint density at radius 1 is 0.952 bits per heavy atom. The summed E-state index contributed by atoms with van der Waals surface area (Å²) in [5, 5.41) is 7.86. The average Bonchev–Trinajstić information content (AvgIpc) is 3.29. The van der Waals surface area contributed by atoms with Crippen molar-refractivity contribution in [1.29, 1.82) is 0 Å². The number of rotatable bonds is 11. The molecule has 1 aromatic rings. The highest BCUT2D eigenvalue weighted by Crippen LogP contribution is 2.23. The Hall–Kier alpha value is -3.70. The molecule has 11 nitrogen and oxygen atoms in total. The van der Waals surface area contributed by atoms with E-state index in [1.54, 1.807) is 72.7 Å². The van der Waals surface area contributed by atoms with Crippen LogP contribution in [-0.4, -0.2) is 84.3 Å². The van der Waals surface area contributed by atoms with Crippen LogP contribution in [0.5, 0.6) is 0 Å². The van der Waals surface area contributed by atoms with Crippen molar-refractivity contribution >= 4 is 29.8 Å². The lowest BCUT2D eigenvalue weighted by Gasteiger charge is -2.31. The molecule has 4 amide bonds. The van der Waals surface area contributed by atoms with Gasteiger partial charge in [-0.1, -0.05) is 58.0 Å². The molecular weight excluding hydrogens is 547 g/mol. The smallest absolute Gasteiger partial charge is 0.408 e. The topological polar surface area (TPSA) is 143 Å². The Kier molecular flexibility index (Phi) is 12.3. The Morgan fingerprint density at radius 3 is 2.07 bits per heavy atom. The average molecular weight is 593 g/mol. The van der Waals surface area contributed by atoms with Crippen LogP contribution in [0.3, 0.4) is 0 Å². The number of hydrogen-bond acceptors (Lipinski definition) is 7. The molecule has 3 N–H and O–H groups in total. The van der Waals surface area contributed by atoms with Gasteiger partial charge in [-0.15, -0.1) is 0 Å². The van der Waals surface area contributed by atoms with Crippen molar-refractivity contribution in [3.63, 3.8) is 0 Å². The monoisotopic (exact) mass is 592 g/mol. The summed E-state index contributed by atoms with van der Waals surface area (Å²) in [6, 6.07) is 4.59. The number of carbonyl (C=O) groups excluding carboxylic acids is 5. The highest BCUT2D eigenvalue weighted by molar-refractivity contribution is 5.95. The molecule has 2 rings (SSSR count). The van der Waals surface area contributed by atoms with Crippen molar-refractivity contribution in [2.75, 3.05) is 13.7 Å². The number of amides is 4. The SMILES string of the molecule is COC(=O)[C@@H](NC(=O)[C@@H](NC(=O)[C@@H]1C[C@@H](F)CN1C(=O)[C@H](Cc1ccccc1)NC(=O)OC(C)(C)C)C(C)C)C(C)C. The van der Waals surface area contributed by atoms with Gasteiger partial charge in [-0.05, 0) is 38.2 Å². The molecule has 1 heterocycles. The number of halogens is 1. The summed E-state index contributed by atoms with van der Waals surface area (Å²) in [7, 11) is 1.22. The van der Waals surface area contributed by atoms with Gasteiger partial charge < -0.3 is 30.3 Å². The number of esters is 1. The molecule has 5 atom stereocenters. The highest BCUT2D eigenvalue weighted by Gasteiger charge is 2.44. The Morgan fingerprint density at radius 2 is 1.55 bits per heavy atom. The standard InChI is InChI=1S/C30H45FN4O7/c1-17(2)23(26(37)34-24(18(3)4)28(39)41-8)33-25(36)22-15-20(31)16-35(22)27(38)21(14-19-12-10-9-11-13-19)32-29(40)42-30(5,6)7/h9-13,17-18,20-24H,14-16H2,1-8H3,(H,32,40)(H,33,36)(H,34,37)/t20-,21+,22+,23+,24+/m1/s1. The van der Waals surface area contributed by atoms with Crippen LogP contribution in [0, 0.1) is 11.8 Å². The van der Waals surface area contributed by atoms with Crippen LogP contribution in [0.4, 0.5) is 9.18 Å². The lowest BCUT2D eigenvalue weighted by molar-refractivity contribution is -0.147. The molecule has 1 aromatic carbocycles. The predicted octanol–water partition coefficient (Wildman–Crippen LogP) is 2.52. The van der Waals surface area contributed by atoms with Crippen molar-refractivity contribution in [1.82, 2.24) is 20.9 Å². The van der Waals surface area contributed by atoms with E-state index in [2.05, 4.69) is 16.0 Å². The maximum Gasteiger partial charge on any atom is 0.408 e. The molecule has 12 heteroatoms. The molecular formula is C30H45FN4O7. The summed E-state index contributed by atoms with van der Waals surface area (Å²) < 4.78 is 24.9. The largest absolute Gasteiger partial charge is 0.467 e. The number of alkyl halides is 1. The minimum absolute atomic E-state index is 0.0852. The molecule has 0 spiro atoms. The van der Waals surface area contributed by atoms with E-state index in [0.717, 1.165) is 10.5 Å². The van der Waals surface area contributed by atoms with E-state index < -0.39 is 71.6 Å². The van der Waals surface area contributed by atoms with E-state index in [0.29, 0.717) is 0 Å². The second-order valence-electron chi connectivity index (χ2n) is 12.2. The number of nitrogens with one attached hydrogen (secondary N) is 3. The maximum absolute atomic E-state index is 14.7. The van der Waals surface area contributed by atoms with Gasteiger partial charge in [-0.3, -0.25) is 14.4 Å². The molecule has 0 bridgehead atoms. The van der Waals surface area contributed by atoms with Gasteiger partial charge in [0.05, 0.1) is 13.7 Å². The normalized spacial score (nSPS) is 19.1. The van der Waals surface area contributed by atoms with Crippen LogP contribution in [0.15, 0.2) is 30.3 Å². The molecule has 0 saturated carbocycles. The fourth-order valence-corrected chi connectivity index (χ4v) is 4.63. The van der Waals surface area contributed by atoms with Crippen molar-refractivity contribution in [2.45, 2.75) is 97.2 Å². The van der Waals surface area contributed by atoms with E-state index in [-0.39, 0.29) is 25.3 Å². The zero-order valence-corrected chi connectivity index (χ0v) is 25.7. The van der Waals surface area contributed by atoms with Crippen molar-refractivity contribution in [3.05, 3.63) is 35.9 Å². The minimum Gasteiger partial charge on any atom is -0.467 e. The molecule has 0 aromatic heterocycles. The Bertz CT molecular complexity index is 1110. The number of likely N-dealkylation sites (tertiary alicyclic amines) is 1. The fraction of sp³-hybridized carbons (Fsp3) is 0.633. The lowest BCUT2D eigenvalue weighted by atomic mass is 9.99. The van der Waals surface area contributed by atoms with Gasteiger partial charge in [-0.25, -0.2) is 14.0 Å². The molecule has 1 aliphatic heterocycles. The fourth-order valence-electron chi connectivity index (χ4n) is 4.63. The Balaban J connectivity index is 2.27. The number of carbonyl (C=O) groups is 5. The van der Waals surface area contributed by atoms with Crippen LogP contribution >= 0.6 is 0 Å². The van der Waals surface area contributed by atoms with Crippen molar-refractivity contribution in [3.8, 4) is 0 Å². The zero-order valence-electron chi connectivity index (χ0n) is 25.7. The molecule has 234 valence electrons. The Labute approximate surface area is 247 Å². The lowest BCUT2D eigenvalue weighted by Crippen LogP contribution is -2.59. The first-order chi connectivity index (χ1) is 19.5. The summed E-state index contributed by atoms with van der Waals surface area (Å²) in [4.78, 5) is 66.3. The number of ether oxygens (including phenoxy) is 2. The molecule has 1 fully saturated rings. The summed E-state index contributed by atoms with van der Waals surface area (Å²) in [6.07, 6.45) is -2.50. The van der Waals surface area contributed by atoms with E-state index in [1.807, 2.05) is 6.07 Å².